The largest absolute Gasteiger partial charge is 0.495 e. The zero-order valence-corrected chi connectivity index (χ0v) is 20.4. The summed E-state index contributed by atoms with van der Waals surface area (Å²) in [6.45, 7) is 0. The minimum atomic E-state index is -0.246. The molecule has 10 heteroatoms. The second-order valence-electron chi connectivity index (χ2n) is 7.85. The average Bonchev–Trinajstić information content (AvgIpc) is 3.60. The van der Waals surface area contributed by atoms with Gasteiger partial charge in [0.2, 0.25) is 4.96 Å². The number of nitrogens with zero attached hydrogens (tertiary/aromatic N) is 6. The summed E-state index contributed by atoms with van der Waals surface area (Å²) in [6, 6.07) is 18.9. The topological polar surface area (TPSA) is 87.2 Å². The van der Waals surface area contributed by atoms with E-state index in [9.17, 15) is 4.79 Å². The first-order valence-electron chi connectivity index (χ1n) is 10.9. The Morgan fingerprint density at radius 1 is 1.03 bits per heavy atom. The number of benzene rings is 2. The van der Waals surface area contributed by atoms with Crippen molar-refractivity contribution in [1.82, 2.24) is 29.4 Å². The lowest BCUT2D eigenvalue weighted by molar-refractivity contribution is 0.415. The van der Waals surface area contributed by atoms with E-state index < -0.39 is 0 Å². The SMILES string of the molecule is COc1ccc(-c2nn(-c3ccccc3)cc2/C=c2\sc3nc(-c4cccnc4)nn3c2=O)cc1Cl. The summed E-state index contributed by atoms with van der Waals surface area (Å²) in [6.07, 6.45) is 7.05. The molecule has 4 aromatic heterocycles. The molecule has 6 rings (SSSR count). The highest BCUT2D eigenvalue weighted by Crippen LogP contribution is 2.32. The molecular formula is C26H17ClN6O2S. The van der Waals surface area contributed by atoms with Crippen molar-refractivity contribution < 1.29 is 4.74 Å². The van der Waals surface area contributed by atoms with Crippen LogP contribution in [0.5, 0.6) is 5.75 Å². The molecule has 0 atom stereocenters. The van der Waals surface area contributed by atoms with Crippen molar-refractivity contribution in [3.05, 3.63) is 105 Å². The first-order valence-corrected chi connectivity index (χ1v) is 12.1. The van der Waals surface area contributed by atoms with E-state index in [1.165, 1.54) is 15.9 Å². The van der Waals surface area contributed by atoms with E-state index in [-0.39, 0.29) is 5.56 Å². The highest BCUT2D eigenvalue weighted by Gasteiger charge is 2.16. The Morgan fingerprint density at radius 2 is 1.89 bits per heavy atom. The molecule has 0 saturated carbocycles. The van der Waals surface area contributed by atoms with Crippen molar-refractivity contribution in [2.75, 3.05) is 7.11 Å². The van der Waals surface area contributed by atoms with E-state index in [4.69, 9.17) is 21.4 Å². The van der Waals surface area contributed by atoms with Crippen LogP contribution in [0, 0.1) is 0 Å². The van der Waals surface area contributed by atoms with Crippen molar-refractivity contribution in [3.8, 4) is 34.1 Å². The molecule has 0 unspecified atom stereocenters. The van der Waals surface area contributed by atoms with Crippen LogP contribution in [-0.2, 0) is 0 Å². The van der Waals surface area contributed by atoms with Crippen molar-refractivity contribution in [2.45, 2.75) is 0 Å². The van der Waals surface area contributed by atoms with Crippen LogP contribution in [0.2, 0.25) is 5.02 Å². The summed E-state index contributed by atoms with van der Waals surface area (Å²) < 4.78 is 8.89. The van der Waals surface area contributed by atoms with Gasteiger partial charge < -0.3 is 4.74 Å². The maximum atomic E-state index is 13.2. The first kappa shape index (κ1) is 22.1. The van der Waals surface area contributed by atoms with Gasteiger partial charge in [-0.25, -0.2) is 4.68 Å². The molecule has 0 amide bonds. The number of halogens is 1. The summed E-state index contributed by atoms with van der Waals surface area (Å²) in [7, 11) is 1.57. The molecule has 0 N–H and O–H groups in total. The molecule has 0 bridgehead atoms. The van der Waals surface area contributed by atoms with Gasteiger partial charge in [-0.05, 0) is 48.5 Å². The lowest BCUT2D eigenvalue weighted by Crippen LogP contribution is -2.23. The van der Waals surface area contributed by atoms with Gasteiger partial charge in [0.25, 0.3) is 5.56 Å². The van der Waals surface area contributed by atoms with Gasteiger partial charge in [0, 0.05) is 35.3 Å². The first-order chi connectivity index (χ1) is 17.6. The van der Waals surface area contributed by atoms with Gasteiger partial charge in [0.15, 0.2) is 5.82 Å². The third kappa shape index (κ3) is 3.94. The molecule has 0 aliphatic rings. The summed E-state index contributed by atoms with van der Waals surface area (Å²) in [4.78, 5) is 22.3. The highest BCUT2D eigenvalue weighted by atomic mass is 35.5. The third-order valence-electron chi connectivity index (χ3n) is 5.58. The molecule has 0 spiro atoms. The molecule has 2 aromatic carbocycles. The van der Waals surface area contributed by atoms with Crippen LogP contribution in [0.15, 0.2) is 84.0 Å². The molecule has 4 heterocycles. The molecule has 8 nitrogen and oxygen atoms in total. The fourth-order valence-electron chi connectivity index (χ4n) is 3.84. The van der Waals surface area contributed by atoms with Crippen LogP contribution in [0.4, 0.5) is 0 Å². The molecule has 0 fully saturated rings. The van der Waals surface area contributed by atoms with Crippen molar-refractivity contribution in [1.29, 1.82) is 0 Å². The van der Waals surface area contributed by atoms with E-state index >= 15 is 0 Å². The number of para-hydroxylation sites is 1. The fourth-order valence-corrected chi connectivity index (χ4v) is 4.99. The number of rotatable bonds is 5. The van der Waals surface area contributed by atoms with E-state index in [2.05, 4.69) is 15.1 Å². The lowest BCUT2D eigenvalue weighted by Gasteiger charge is -2.05. The van der Waals surface area contributed by atoms with Gasteiger partial charge in [-0.1, -0.05) is 41.1 Å². The number of methoxy groups -OCH3 is 1. The van der Waals surface area contributed by atoms with Crippen LogP contribution >= 0.6 is 22.9 Å². The number of hydrogen-bond donors (Lipinski definition) is 0. The molecular weight excluding hydrogens is 496 g/mol. The second-order valence-corrected chi connectivity index (χ2v) is 9.27. The summed E-state index contributed by atoms with van der Waals surface area (Å²) in [5.41, 5.74) is 3.63. The number of ether oxygens (including phenoxy) is 1. The van der Waals surface area contributed by atoms with Crippen LogP contribution in [0.25, 0.3) is 39.4 Å². The Hall–Kier alpha value is -4.34. The maximum Gasteiger partial charge on any atom is 0.291 e. The van der Waals surface area contributed by atoms with Gasteiger partial charge in [0.05, 0.1) is 22.4 Å². The van der Waals surface area contributed by atoms with Gasteiger partial charge >= 0.3 is 0 Å². The Morgan fingerprint density at radius 3 is 2.61 bits per heavy atom. The molecule has 0 aliphatic heterocycles. The minimum Gasteiger partial charge on any atom is -0.495 e. The van der Waals surface area contributed by atoms with Crippen molar-refractivity contribution in [2.24, 2.45) is 0 Å². The molecule has 6 aromatic rings. The molecule has 0 saturated heterocycles. The predicted molar refractivity (Wildman–Crippen MR) is 140 cm³/mol. The summed E-state index contributed by atoms with van der Waals surface area (Å²) in [5.74, 6) is 1.04. The smallest absolute Gasteiger partial charge is 0.291 e. The number of hydrogen-bond acceptors (Lipinski definition) is 7. The second kappa shape index (κ2) is 9.03. The molecule has 0 aliphatic carbocycles. The fraction of sp³-hybridized carbons (Fsp3) is 0.0385. The molecule has 176 valence electrons. The lowest BCUT2D eigenvalue weighted by atomic mass is 10.1. The zero-order valence-electron chi connectivity index (χ0n) is 18.9. The van der Waals surface area contributed by atoms with E-state index in [0.717, 1.165) is 22.4 Å². The third-order valence-corrected chi connectivity index (χ3v) is 6.83. The van der Waals surface area contributed by atoms with Gasteiger partial charge in [-0.3, -0.25) is 9.78 Å². The number of fused-ring (bicyclic) bond motifs is 1. The number of pyridine rings is 1. The Labute approximate surface area is 213 Å². The monoisotopic (exact) mass is 512 g/mol. The average molecular weight is 513 g/mol. The van der Waals surface area contributed by atoms with Crippen LogP contribution in [0.1, 0.15) is 5.56 Å². The summed E-state index contributed by atoms with van der Waals surface area (Å²) in [5, 5.41) is 9.69. The van der Waals surface area contributed by atoms with Crippen molar-refractivity contribution >= 4 is 34.0 Å². The Bertz CT molecular complexity index is 1810. The quantitative estimate of drug-likeness (QED) is 0.343. The Balaban J connectivity index is 1.50. The minimum absolute atomic E-state index is 0.246. The van der Waals surface area contributed by atoms with Gasteiger partial charge in [-0.15, -0.1) is 5.10 Å². The molecule has 0 radical (unpaired) electrons. The van der Waals surface area contributed by atoms with E-state index in [1.54, 1.807) is 42.4 Å². The van der Waals surface area contributed by atoms with Crippen LogP contribution < -0.4 is 14.8 Å². The van der Waals surface area contributed by atoms with Crippen LogP contribution in [0.3, 0.4) is 0 Å². The molecule has 36 heavy (non-hydrogen) atoms. The van der Waals surface area contributed by atoms with E-state index in [0.29, 0.717) is 31.8 Å². The van der Waals surface area contributed by atoms with E-state index in [1.807, 2.05) is 54.7 Å². The number of aromatic nitrogens is 6. The summed E-state index contributed by atoms with van der Waals surface area (Å²) >= 11 is 7.67. The number of thiazole rings is 1. The van der Waals surface area contributed by atoms with Crippen molar-refractivity contribution in [3.63, 3.8) is 0 Å². The standard InChI is InChI=1S/C26H17ClN6O2S/c1-35-21-10-9-16(12-20(21)27)23-18(15-32(30-23)19-7-3-2-4-8-19)13-22-25(34)33-26(36-22)29-24(31-33)17-6-5-11-28-14-17/h2-15H,1H3/b22-13-. The van der Waals surface area contributed by atoms with Crippen LogP contribution in [-0.4, -0.2) is 36.5 Å². The normalized spacial score (nSPS) is 11.9. The van der Waals surface area contributed by atoms with Gasteiger partial charge in [0.1, 0.15) is 11.4 Å². The Kier molecular flexibility index (Phi) is 5.55. The van der Waals surface area contributed by atoms with Gasteiger partial charge in [-0.2, -0.15) is 14.6 Å². The predicted octanol–water partition coefficient (Wildman–Crippen LogP) is 4.28. The highest BCUT2D eigenvalue weighted by molar-refractivity contribution is 7.15. The maximum absolute atomic E-state index is 13.2. The zero-order chi connectivity index (χ0) is 24.6.